The quantitative estimate of drug-likeness (QED) is 0.283. The normalized spacial score (nSPS) is 10.3. The Morgan fingerprint density at radius 3 is 2.54 bits per heavy atom. The standard InChI is InChI=1S/C18H13N3O6S/c22-16(14-6-3-9-27-14)15-8-7-11(28-15)10-19-17(23)18(24)20-12-4-1-2-5-13(12)21(25)26/h1-9H,10H2,(H,19,23)(H,20,24). The summed E-state index contributed by atoms with van der Waals surface area (Å²) in [5.41, 5.74) is -0.391. The summed E-state index contributed by atoms with van der Waals surface area (Å²) in [6.45, 7) is 0.0270. The van der Waals surface area contributed by atoms with Crippen LogP contribution in [-0.4, -0.2) is 22.5 Å². The van der Waals surface area contributed by atoms with Gasteiger partial charge in [-0.05, 0) is 30.3 Å². The Morgan fingerprint density at radius 2 is 1.82 bits per heavy atom. The lowest BCUT2D eigenvalue weighted by atomic mass is 10.2. The highest BCUT2D eigenvalue weighted by molar-refractivity contribution is 7.14. The lowest BCUT2D eigenvalue weighted by Crippen LogP contribution is -2.34. The molecule has 0 aliphatic rings. The van der Waals surface area contributed by atoms with Crippen LogP contribution in [0.5, 0.6) is 0 Å². The highest BCUT2D eigenvalue weighted by Crippen LogP contribution is 2.23. The first-order valence-electron chi connectivity index (χ1n) is 7.95. The molecule has 0 radical (unpaired) electrons. The first-order chi connectivity index (χ1) is 13.5. The summed E-state index contributed by atoms with van der Waals surface area (Å²) in [5, 5.41) is 15.6. The lowest BCUT2D eigenvalue weighted by molar-refractivity contribution is -0.383. The Kier molecular flexibility index (Phi) is 5.61. The van der Waals surface area contributed by atoms with Crippen molar-refractivity contribution in [3.8, 4) is 0 Å². The molecule has 2 heterocycles. The fourth-order valence-corrected chi connectivity index (χ4v) is 3.18. The number of nitrogens with zero attached hydrogens (tertiary/aromatic N) is 1. The van der Waals surface area contributed by atoms with Crippen LogP contribution in [0.25, 0.3) is 0 Å². The maximum Gasteiger partial charge on any atom is 0.313 e. The molecule has 0 aliphatic heterocycles. The molecule has 0 unspecified atom stereocenters. The van der Waals surface area contributed by atoms with E-state index in [9.17, 15) is 24.5 Å². The molecule has 9 nitrogen and oxygen atoms in total. The van der Waals surface area contributed by atoms with Gasteiger partial charge < -0.3 is 15.1 Å². The second-order valence-electron chi connectivity index (χ2n) is 5.48. The summed E-state index contributed by atoms with van der Waals surface area (Å²) < 4.78 is 5.06. The van der Waals surface area contributed by atoms with Gasteiger partial charge >= 0.3 is 11.8 Å². The van der Waals surface area contributed by atoms with Gasteiger partial charge in [-0.3, -0.25) is 24.5 Å². The monoisotopic (exact) mass is 399 g/mol. The number of carbonyl (C=O) groups is 3. The van der Waals surface area contributed by atoms with Gasteiger partial charge in [0.25, 0.3) is 5.69 Å². The van der Waals surface area contributed by atoms with Gasteiger partial charge in [-0.2, -0.15) is 0 Å². The number of anilines is 1. The number of nitrogens with one attached hydrogen (secondary N) is 2. The van der Waals surface area contributed by atoms with Crippen LogP contribution >= 0.6 is 11.3 Å². The molecule has 0 spiro atoms. The molecule has 0 fully saturated rings. The first kappa shape index (κ1) is 19.0. The van der Waals surface area contributed by atoms with Gasteiger partial charge in [0.2, 0.25) is 5.78 Å². The third-order valence-corrected chi connectivity index (χ3v) is 4.69. The zero-order chi connectivity index (χ0) is 20.1. The largest absolute Gasteiger partial charge is 0.461 e. The van der Waals surface area contributed by atoms with E-state index in [0.29, 0.717) is 9.75 Å². The van der Waals surface area contributed by atoms with E-state index in [0.717, 1.165) is 11.3 Å². The molecule has 0 bridgehead atoms. The molecule has 3 rings (SSSR count). The number of nitro groups is 1. The number of rotatable bonds is 6. The Morgan fingerprint density at radius 1 is 1.04 bits per heavy atom. The van der Waals surface area contributed by atoms with Gasteiger partial charge in [0.05, 0.1) is 22.6 Å². The molecule has 1 aromatic carbocycles. The molecular weight excluding hydrogens is 386 g/mol. The average molecular weight is 399 g/mol. The predicted octanol–water partition coefficient (Wildman–Crippen LogP) is 2.74. The molecule has 0 saturated carbocycles. The number of ketones is 1. The van der Waals surface area contributed by atoms with Crippen molar-refractivity contribution in [2.24, 2.45) is 0 Å². The summed E-state index contributed by atoms with van der Waals surface area (Å²) in [7, 11) is 0. The van der Waals surface area contributed by atoms with Crippen LogP contribution in [-0.2, 0) is 16.1 Å². The third kappa shape index (κ3) is 4.30. The fraction of sp³-hybridized carbons (Fsp3) is 0.0556. The summed E-state index contributed by atoms with van der Waals surface area (Å²) in [5.74, 6) is -2.05. The SMILES string of the molecule is O=C(NCc1ccc(C(=O)c2ccco2)s1)C(=O)Nc1ccccc1[N+](=O)[O-]. The summed E-state index contributed by atoms with van der Waals surface area (Å²) in [6, 6.07) is 11.9. The van der Waals surface area contributed by atoms with Crippen molar-refractivity contribution in [3.63, 3.8) is 0 Å². The van der Waals surface area contributed by atoms with Crippen molar-refractivity contribution >= 4 is 40.3 Å². The van der Waals surface area contributed by atoms with E-state index >= 15 is 0 Å². The third-order valence-electron chi connectivity index (χ3n) is 3.61. The summed E-state index contributed by atoms with van der Waals surface area (Å²) in [6.07, 6.45) is 1.40. The highest BCUT2D eigenvalue weighted by Gasteiger charge is 2.20. The van der Waals surface area contributed by atoms with Crippen molar-refractivity contribution in [2.45, 2.75) is 6.54 Å². The number of hydrogen-bond donors (Lipinski definition) is 2. The minimum Gasteiger partial charge on any atom is -0.461 e. The van der Waals surface area contributed by atoms with Crippen LogP contribution in [0.4, 0.5) is 11.4 Å². The maximum atomic E-state index is 12.2. The van der Waals surface area contributed by atoms with Gasteiger partial charge in [-0.25, -0.2) is 0 Å². The molecule has 10 heteroatoms. The Hall–Kier alpha value is -3.79. The van der Waals surface area contributed by atoms with Crippen LogP contribution in [0.2, 0.25) is 0 Å². The molecule has 2 N–H and O–H groups in total. The van der Waals surface area contributed by atoms with E-state index in [4.69, 9.17) is 4.42 Å². The number of thiophene rings is 1. The lowest BCUT2D eigenvalue weighted by Gasteiger charge is -2.06. The van der Waals surface area contributed by atoms with Gasteiger partial charge in [0.1, 0.15) is 5.69 Å². The molecule has 142 valence electrons. The second-order valence-corrected chi connectivity index (χ2v) is 6.65. The van der Waals surface area contributed by atoms with Crippen LogP contribution in [0.3, 0.4) is 0 Å². The van der Waals surface area contributed by atoms with Crippen LogP contribution in [0.15, 0.2) is 59.2 Å². The van der Waals surface area contributed by atoms with Crippen LogP contribution in [0.1, 0.15) is 20.3 Å². The number of amides is 2. The zero-order valence-corrected chi connectivity index (χ0v) is 15.0. The number of carbonyl (C=O) groups excluding carboxylic acids is 3. The van der Waals surface area contributed by atoms with E-state index in [2.05, 4.69) is 10.6 Å². The van der Waals surface area contributed by atoms with E-state index < -0.39 is 16.7 Å². The van der Waals surface area contributed by atoms with E-state index in [1.807, 2.05) is 0 Å². The number of nitro benzene ring substituents is 1. The maximum absolute atomic E-state index is 12.2. The van der Waals surface area contributed by atoms with Gasteiger partial charge in [0, 0.05) is 10.9 Å². The van der Waals surface area contributed by atoms with E-state index in [1.165, 1.54) is 30.5 Å². The molecule has 0 atom stereocenters. The Labute approximate surface area is 162 Å². The minimum absolute atomic E-state index is 0.0270. The zero-order valence-electron chi connectivity index (χ0n) is 14.2. The van der Waals surface area contributed by atoms with Crippen molar-refractivity contribution in [2.75, 3.05) is 5.32 Å². The predicted molar refractivity (Wildman–Crippen MR) is 100 cm³/mol. The summed E-state index contributed by atoms with van der Waals surface area (Å²) >= 11 is 1.16. The molecular formula is C18H13N3O6S. The minimum atomic E-state index is -1.03. The molecule has 3 aromatic rings. The average Bonchev–Trinajstić information content (AvgIpc) is 3.38. The van der Waals surface area contributed by atoms with Gasteiger partial charge in [-0.15, -0.1) is 11.3 Å². The highest BCUT2D eigenvalue weighted by atomic mass is 32.1. The Balaban J connectivity index is 1.58. The molecule has 2 aromatic heterocycles. The second kappa shape index (κ2) is 8.27. The molecule has 28 heavy (non-hydrogen) atoms. The molecule has 0 aliphatic carbocycles. The van der Waals surface area contributed by atoms with Crippen molar-refractivity contribution in [1.29, 1.82) is 0 Å². The fourth-order valence-electron chi connectivity index (χ4n) is 2.29. The van der Waals surface area contributed by atoms with E-state index in [-0.39, 0.29) is 29.5 Å². The van der Waals surface area contributed by atoms with Crippen LogP contribution in [0, 0.1) is 10.1 Å². The molecule has 0 saturated heterocycles. The summed E-state index contributed by atoms with van der Waals surface area (Å²) in [4.78, 5) is 47.5. The van der Waals surface area contributed by atoms with Gasteiger partial charge in [-0.1, -0.05) is 12.1 Å². The van der Waals surface area contributed by atoms with Crippen molar-refractivity contribution in [1.82, 2.24) is 5.32 Å². The first-order valence-corrected chi connectivity index (χ1v) is 8.77. The topological polar surface area (TPSA) is 132 Å². The van der Waals surface area contributed by atoms with Crippen molar-refractivity contribution < 1.29 is 23.7 Å². The molecule has 2 amide bonds. The number of furan rings is 1. The van der Waals surface area contributed by atoms with Crippen LogP contribution < -0.4 is 10.6 Å². The number of benzene rings is 1. The number of hydrogen-bond acceptors (Lipinski definition) is 7. The van der Waals surface area contributed by atoms with E-state index in [1.54, 1.807) is 24.3 Å². The van der Waals surface area contributed by atoms with Crippen molar-refractivity contribution in [3.05, 3.63) is 80.4 Å². The van der Waals surface area contributed by atoms with Gasteiger partial charge in [0.15, 0.2) is 5.76 Å². The smallest absolute Gasteiger partial charge is 0.313 e. The Bertz CT molecular complexity index is 1040. The number of para-hydroxylation sites is 2.